The molecule has 0 bridgehead atoms. The van der Waals surface area contributed by atoms with Gasteiger partial charge < -0.3 is 4.98 Å². The normalized spacial score (nSPS) is 8.75. The van der Waals surface area contributed by atoms with E-state index in [1.165, 1.54) is 0 Å². The van der Waals surface area contributed by atoms with Crippen LogP contribution < -0.4 is 5.56 Å². The Bertz CT molecular complexity index is 359. The summed E-state index contributed by atoms with van der Waals surface area (Å²) >= 11 is 3.25. The van der Waals surface area contributed by atoms with Crippen LogP contribution in [-0.4, -0.2) is 10.3 Å². The number of aromatic amines is 1. The summed E-state index contributed by atoms with van der Waals surface area (Å²) in [7, 11) is 0. The topological polar surface area (TPSA) is 32.9 Å². The minimum Gasteiger partial charge on any atom is -0.328 e. The van der Waals surface area contributed by atoms with Crippen LogP contribution in [0.15, 0.2) is 23.1 Å². The van der Waals surface area contributed by atoms with Crippen LogP contribution in [0.5, 0.6) is 0 Å². The standard InChI is InChI=1S/C9H8BrNO/c10-6-2-1-4-8-5-3-7-11-9(8)12/h3,5,7H,2,6H2,(H,11,12). The Morgan fingerprint density at radius 3 is 3.08 bits per heavy atom. The highest BCUT2D eigenvalue weighted by Gasteiger charge is 1.89. The van der Waals surface area contributed by atoms with Crippen LogP contribution in [0.2, 0.25) is 0 Å². The highest BCUT2D eigenvalue weighted by Crippen LogP contribution is 1.87. The van der Waals surface area contributed by atoms with Crippen molar-refractivity contribution in [3.05, 3.63) is 34.2 Å². The lowest BCUT2D eigenvalue weighted by molar-refractivity contribution is 1.22. The highest BCUT2D eigenvalue weighted by molar-refractivity contribution is 9.09. The van der Waals surface area contributed by atoms with Gasteiger partial charge in [-0.15, -0.1) is 0 Å². The quantitative estimate of drug-likeness (QED) is 0.571. The second kappa shape index (κ2) is 4.78. The van der Waals surface area contributed by atoms with E-state index in [1.54, 1.807) is 18.3 Å². The molecule has 0 saturated carbocycles. The van der Waals surface area contributed by atoms with Crippen molar-refractivity contribution < 1.29 is 0 Å². The van der Waals surface area contributed by atoms with Crippen LogP contribution in [0, 0.1) is 11.8 Å². The number of rotatable bonds is 1. The lowest BCUT2D eigenvalue weighted by Crippen LogP contribution is -2.07. The van der Waals surface area contributed by atoms with Crippen LogP contribution in [-0.2, 0) is 0 Å². The van der Waals surface area contributed by atoms with Crippen LogP contribution in [0.1, 0.15) is 12.0 Å². The van der Waals surface area contributed by atoms with Gasteiger partial charge in [0.15, 0.2) is 0 Å². The minimum absolute atomic E-state index is 0.125. The van der Waals surface area contributed by atoms with Crippen LogP contribution in [0.25, 0.3) is 0 Å². The zero-order valence-corrected chi connectivity index (χ0v) is 8.02. The molecule has 1 N–H and O–H groups in total. The second-order valence-electron chi connectivity index (χ2n) is 2.15. The fraction of sp³-hybridized carbons (Fsp3) is 0.222. The molecule has 0 radical (unpaired) electrons. The number of pyridine rings is 1. The van der Waals surface area contributed by atoms with E-state index in [4.69, 9.17) is 0 Å². The molecule has 0 saturated heterocycles. The first-order valence-electron chi connectivity index (χ1n) is 3.57. The van der Waals surface area contributed by atoms with E-state index >= 15 is 0 Å². The molecule has 0 spiro atoms. The van der Waals surface area contributed by atoms with Crippen LogP contribution in [0.4, 0.5) is 0 Å². The lowest BCUT2D eigenvalue weighted by atomic mass is 10.3. The van der Waals surface area contributed by atoms with Crippen LogP contribution >= 0.6 is 15.9 Å². The van der Waals surface area contributed by atoms with E-state index in [9.17, 15) is 4.79 Å². The molecule has 0 aliphatic carbocycles. The fourth-order valence-corrected chi connectivity index (χ4v) is 0.923. The summed E-state index contributed by atoms with van der Waals surface area (Å²) in [6, 6.07) is 3.47. The second-order valence-corrected chi connectivity index (χ2v) is 2.95. The van der Waals surface area contributed by atoms with E-state index in [2.05, 4.69) is 32.8 Å². The summed E-state index contributed by atoms with van der Waals surface area (Å²) in [4.78, 5) is 13.6. The monoisotopic (exact) mass is 225 g/mol. The van der Waals surface area contributed by atoms with Crippen molar-refractivity contribution in [2.45, 2.75) is 6.42 Å². The summed E-state index contributed by atoms with van der Waals surface area (Å²) in [5.74, 6) is 5.67. The molecule has 0 amide bonds. The van der Waals surface area contributed by atoms with Crippen molar-refractivity contribution in [1.29, 1.82) is 0 Å². The molecule has 0 atom stereocenters. The van der Waals surface area contributed by atoms with Gasteiger partial charge in [0, 0.05) is 17.9 Å². The van der Waals surface area contributed by atoms with Gasteiger partial charge in [-0.2, -0.15) is 0 Å². The molecular formula is C9H8BrNO. The third-order valence-electron chi connectivity index (χ3n) is 1.26. The van der Waals surface area contributed by atoms with Gasteiger partial charge in [0.2, 0.25) is 0 Å². The fourth-order valence-electron chi connectivity index (χ4n) is 0.725. The lowest BCUT2D eigenvalue weighted by Gasteiger charge is -1.85. The summed E-state index contributed by atoms with van der Waals surface area (Å²) in [6.45, 7) is 0. The average Bonchev–Trinajstić information content (AvgIpc) is 2.09. The Hall–Kier alpha value is -1.01. The van der Waals surface area contributed by atoms with Gasteiger partial charge in [0.25, 0.3) is 5.56 Å². The number of halogens is 1. The Morgan fingerprint density at radius 1 is 1.58 bits per heavy atom. The van der Waals surface area contributed by atoms with E-state index in [0.717, 1.165) is 11.8 Å². The smallest absolute Gasteiger partial charge is 0.263 e. The number of alkyl halides is 1. The predicted octanol–water partition coefficient (Wildman–Crippen LogP) is 1.51. The first kappa shape index (κ1) is 9.08. The molecule has 1 aromatic rings. The number of aromatic nitrogens is 1. The molecule has 0 fully saturated rings. The van der Waals surface area contributed by atoms with Crippen molar-refractivity contribution in [2.75, 3.05) is 5.33 Å². The molecule has 1 rings (SSSR count). The molecule has 62 valence electrons. The summed E-state index contributed by atoms with van der Waals surface area (Å²) in [5.41, 5.74) is 0.401. The Kier molecular flexibility index (Phi) is 3.62. The molecule has 1 heterocycles. The first-order valence-corrected chi connectivity index (χ1v) is 4.69. The number of hydrogen-bond donors (Lipinski definition) is 1. The van der Waals surface area contributed by atoms with Gasteiger partial charge in [-0.05, 0) is 12.1 Å². The van der Waals surface area contributed by atoms with E-state index in [-0.39, 0.29) is 5.56 Å². The average molecular weight is 226 g/mol. The van der Waals surface area contributed by atoms with Gasteiger partial charge in [-0.3, -0.25) is 4.79 Å². The number of H-pyrrole nitrogens is 1. The zero-order valence-electron chi connectivity index (χ0n) is 6.43. The van der Waals surface area contributed by atoms with E-state index in [0.29, 0.717) is 5.56 Å². The molecule has 1 aromatic heterocycles. The predicted molar refractivity (Wildman–Crippen MR) is 52.4 cm³/mol. The van der Waals surface area contributed by atoms with Gasteiger partial charge in [-0.25, -0.2) is 0 Å². The summed E-state index contributed by atoms with van der Waals surface area (Å²) in [6.07, 6.45) is 2.35. The van der Waals surface area contributed by atoms with E-state index < -0.39 is 0 Å². The molecular weight excluding hydrogens is 218 g/mol. The molecule has 0 aliphatic heterocycles. The highest BCUT2D eigenvalue weighted by atomic mass is 79.9. The SMILES string of the molecule is O=c1[nH]cccc1C#CCCBr. The molecule has 12 heavy (non-hydrogen) atoms. The summed E-state index contributed by atoms with van der Waals surface area (Å²) in [5, 5.41) is 0.838. The molecule has 0 aliphatic rings. The van der Waals surface area contributed by atoms with Gasteiger partial charge in [0.1, 0.15) is 0 Å². The van der Waals surface area contributed by atoms with Gasteiger partial charge >= 0.3 is 0 Å². The molecule has 2 nitrogen and oxygen atoms in total. The van der Waals surface area contributed by atoms with Crippen molar-refractivity contribution in [3.63, 3.8) is 0 Å². The van der Waals surface area contributed by atoms with Crippen molar-refractivity contribution >= 4 is 15.9 Å². The zero-order chi connectivity index (χ0) is 8.81. The van der Waals surface area contributed by atoms with Crippen molar-refractivity contribution in [2.24, 2.45) is 0 Å². The van der Waals surface area contributed by atoms with Gasteiger partial charge in [0.05, 0.1) is 5.56 Å². The Balaban J connectivity index is 2.85. The third kappa shape index (κ3) is 2.55. The molecule has 0 unspecified atom stereocenters. The van der Waals surface area contributed by atoms with Gasteiger partial charge in [-0.1, -0.05) is 27.8 Å². The van der Waals surface area contributed by atoms with Crippen molar-refractivity contribution in [1.82, 2.24) is 4.98 Å². The largest absolute Gasteiger partial charge is 0.328 e. The minimum atomic E-state index is -0.125. The van der Waals surface area contributed by atoms with E-state index in [1.807, 2.05) is 0 Å². The Morgan fingerprint density at radius 2 is 2.42 bits per heavy atom. The molecule has 0 aromatic carbocycles. The first-order chi connectivity index (χ1) is 5.84. The maximum atomic E-state index is 11.0. The van der Waals surface area contributed by atoms with Crippen LogP contribution in [0.3, 0.4) is 0 Å². The Labute approximate surface area is 79.1 Å². The molecule has 3 heteroatoms. The number of nitrogens with one attached hydrogen (secondary N) is 1. The maximum absolute atomic E-state index is 11.0. The maximum Gasteiger partial charge on any atom is 0.263 e. The van der Waals surface area contributed by atoms with Crippen molar-refractivity contribution in [3.8, 4) is 11.8 Å². The number of hydrogen-bond acceptors (Lipinski definition) is 1. The summed E-state index contributed by atoms with van der Waals surface area (Å²) < 4.78 is 0. The third-order valence-corrected chi connectivity index (χ3v) is 1.66.